The minimum atomic E-state index is -4.44. The van der Waals surface area contributed by atoms with Crippen LogP contribution in [0.5, 0.6) is 5.88 Å². The van der Waals surface area contributed by atoms with Crippen LogP contribution in [0.2, 0.25) is 0 Å². The van der Waals surface area contributed by atoms with E-state index in [1.807, 2.05) is 0 Å². The first-order valence-corrected chi connectivity index (χ1v) is 5.75. The minimum Gasteiger partial charge on any atom is -0.462 e. The van der Waals surface area contributed by atoms with E-state index in [1.54, 1.807) is 12.1 Å². The zero-order valence-electron chi connectivity index (χ0n) is 10.8. The summed E-state index contributed by atoms with van der Waals surface area (Å²) in [5.74, 6) is 2.32. The first-order chi connectivity index (χ1) is 9.84. The van der Waals surface area contributed by atoms with Gasteiger partial charge in [-0.1, -0.05) is 5.92 Å². The molecule has 0 aliphatic carbocycles. The number of rotatable bonds is 6. The summed E-state index contributed by atoms with van der Waals surface area (Å²) in [6.45, 7) is -0.0539. The van der Waals surface area contributed by atoms with E-state index in [4.69, 9.17) is 26.2 Å². The van der Waals surface area contributed by atoms with Crippen molar-refractivity contribution >= 4 is 0 Å². The highest BCUT2D eigenvalue weighted by Gasteiger charge is 2.38. The van der Waals surface area contributed by atoms with Gasteiger partial charge in [0.2, 0.25) is 0 Å². The van der Waals surface area contributed by atoms with E-state index in [9.17, 15) is 13.2 Å². The van der Waals surface area contributed by atoms with Gasteiger partial charge >= 0.3 is 6.18 Å². The quantitative estimate of drug-likeness (QED) is 0.754. The van der Waals surface area contributed by atoms with Gasteiger partial charge in [0, 0.05) is 18.9 Å². The van der Waals surface area contributed by atoms with Gasteiger partial charge in [-0.15, -0.1) is 6.42 Å². The zero-order chi connectivity index (χ0) is 15.9. The van der Waals surface area contributed by atoms with Crippen molar-refractivity contribution < 1.29 is 22.4 Å². The van der Waals surface area contributed by atoms with Gasteiger partial charge in [0.1, 0.15) is 5.76 Å². The summed E-state index contributed by atoms with van der Waals surface area (Å²) in [6, 6.07) is 4.52. The van der Waals surface area contributed by atoms with Crippen molar-refractivity contribution in [2.24, 2.45) is 5.41 Å². The molecule has 0 spiro atoms. The standard InChI is InChI=1S/C13H10F3N3O2/c1-2-5-20-11-6-10(21-19-11)7-12(8-17,9-18)3-4-13(14,15)16/h1,6H,3-5,7H2. The maximum atomic E-state index is 12.2. The fourth-order valence-electron chi connectivity index (χ4n) is 1.52. The second kappa shape index (κ2) is 6.67. The van der Waals surface area contributed by atoms with Crippen molar-refractivity contribution in [3.63, 3.8) is 0 Å². The Labute approximate surface area is 118 Å². The van der Waals surface area contributed by atoms with Gasteiger partial charge in [-0.3, -0.25) is 0 Å². The lowest BCUT2D eigenvalue weighted by atomic mass is 9.82. The second-order valence-electron chi connectivity index (χ2n) is 4.22. The van der Waals surface area contributed by atoms with E-state index in [2.05, 4.69) is 11.1 Å². The Kier molecular flexibility index (Phi) is 5.21. The Morgan fingerprint density at radius 2 is 1.95 bits per heavy atom. The molecule has 0 saturated carbocycles. The van der Waals surface area contributed by atoms with Gasteiger partial charge in [-0.2, -0.15) is 23.7 Å². The smallest absolute Gasteiger partial charge is 0.389 e. The lowest BCUT2D eigenvalue weighted by Crippen LogP contribution is -2.22. The van der Waals surface area contributed by atoms with E-state index < -0.39 is 24.4 Å². The van der Waals surface area contributed by atoms with E-state index in [0.29, 0.717) is 0 Å². The molecule has 0 aliphatic rings. The Morgan fingerprint density at radius 1 is 1.29 bits per heavy atom. The molecule has 0 N–H and O–H groups in total. The van der Waals surface area contributed by atoms with Crippen LogP contribution in [0, 0.1) is 40.4 Å². The molecule has 0 bridgehead atoms. The van der Waals surface area contributed by atoms with Gasteiger partial charge in [0.15, 0.2) is 12.0 Å². The van der Waals surface area contributed by atoms with Gasteiger partial charge in [-0.25, -0.2) is 0 Å². The minimum absolute atomic E-state index is 0.0450. The number of hydrogen-bond acceptors (Lipinski definition) is 5. The lowest BCUT2D eigenvalue weighted by molar-refractivity contribution is -0.138. The van der Waals surface area contributed by atoms with Crippen LogP contribution in [0.15, 0.2) is 10.6 Å². The van der Waals surface area contributed by atoms with Gasteiger partial charge in [0.25, 0.3) is 5.88 Å². The molecule has 0 fully saturated rings. The van der Waals surface area contributed by atoms with Crippen LogP contribution in [-0.2, 0) is 6.42 Å². The molecule has 8 heteroatoms. The average Bonchev–Trinajstić information content (AvgIpc) is 2.88. The largest absolute Gasteiger partial charge is 0.462 e. The van der Waals surface area contributed by atoms with Crippen LogP contribution in [0.3, 0.4) is 0 Å². The van der Waals surface area contributed by atoms with Gasteiger partial charge in [0.05, 0.1) is 12.1 Å². The SMILES string of the molecule is C#CCOc1cc(CC(C#N)(C#N)CCC(F)(F)F)on1. The third-order valence-corrected chi connectivity index (χ3v) is 2.58. The zero-order valence-corrected chi connectivity index (χ0v) is 10.8. The van der Waals surface area contributed by atoms with Gasteiger partial charge in [-0.05, 0) is 11.6 Å². The molecule has 0 aliphatic heterocycles. The monoisotopic (exact) mass is 297 g/mol. The summed E-state index contributed by atoms with van der Waals surface area (Å²) in [4.78, 5) is 0. The van der Waals surface area contributed by atoms with Crippen LogP contribution in [0.4, 0.5) is 13.2 Å². The topological polar surface area (TPSA) is 82.8 Å². The molecule has 0 aromatic carbocycles. The number of aromatic nitrogens is 1. The molecule has 1 rings (SSSR count). The number of nitrogens with zero attached hydrogens (tertiary/aromatic N) is 3. The Morgan fingerprint density at radius 3 is 2.48 bits per heavy atom. The summed E-state index contributed by atoms with van der Waals surface area (Å²) < 4.78 is 46.5. The fourth-order valence-corrected chi connectivity index (χ4v) is 1.52. The highest BCUT2D eigenvalue weighted by molar-refractivity contribution is 5.21. The third-order valence-electron chi connectivity index (χ3n) is 2.58. The summed E-state index contributed by atoms with van der Waals surface area (Å²) >= 11 is 0. The normalized spacial score (nSPS) is 11.2. The number of terminal acetylenes is 1. The van der Waals surface area contributed by atoms with E-state index in [-0.39, 0.29) is 24.7 Å². The molecule has 5 nitrogen and oxygen atoms in total. The lowest BCUT2D eigenvalue weighted by Gasteiger charge is -2.17. The van der Waals surface area contributed by atoms with Crippen molar-refractivity contribution in [1.29, 1.82) is 10.5 Å². The molecule has 1 aromatic rings. The molecule has 0 unspecified atom stereocenters. The Bertz CT molecular complexity index is 588. The molecule has 0 atom stereocenters. The predicted octanol–water partition coefficient (Wildman–Crippen LogP) is 2.61. The summed E-state index contributed by atoms with van der Waals surface area (Å²) in [5.41, 5.74) is -1.83. The highest BCUT2D eigenvalue weighted by atomic mass is 19.4. The van der Waals surface area contributed by atoms with Crippen LogP contribution in [-0.4, -0.2) is 17.9 Å². The third kappa shape index (κ3) is 5.08. The summed E-state index contributed by atoms with van der Waals surface area (Å²) in [5, 5.41) is 21.5. The summed E-state index contributed by atoms with van der Waals surface area (Å²) in [6.07, 6.45) is -1.66. The first-order valence-electron chi connectivity index (χ1n) is 5.75. The number of nitriles is 2. The number of halogens is 3. The van der Waals surface area contributed by atoms with Crippen LogP contribution in [0.1, 0.15) is 18.6 Å². The Balaban J connectivity index is 2.79. The van der Waals surface area contributed by atoms with E-state index in [1.165, 1.54) is 6.07 Å². The maximum Gasteiger partial charge on any atom is 0.389 e. The van der Waals surface area contributed by atoms with Crippen molar-refractivity contribution in [3.8, 4) is 30.4 Å². The molecule has 0 radical (unpaired) electrons. The first kappa shape index (κ1) is 16.4. The van der Waals surface area contributed by atoms with E-state index in [0.717, 1.165) is 0 Å². The maximum absolute atomic E-state index is 12.2. The number of hydrogen-bond donors (Lipinski definition) is 0. The molecule has 0 amide bonds. The molecular formula is C13H10F3N3O2. The highest BCUT2D eigenvalue weighted by Crippen LogP contribution is 2.33. The van der Waals surface area contributed by atoms with Crippen molar-refractivity contribution in [1.82, 2.24) is 5.16 Å². The molecule has 1 aromatic heterocycles. The molecule has 21 heavy (non-hydrogen) atoms. The van der Waals surface area contributed by atoms with Crippen LogP contribution >= 0.6 is 0 Å². The van der Waals surface area contributed by atoms with Crippen LogP contribution < -0.4 is 4.74 Å². The molecule has 0 saturated heterocycles. The second-order valence-corrected chi connectivity index (χ2v) is 4.22. The number of alkyl halides is 3. The Hall–Kier alpha value is -2.66. The predicted molar refractivity (Wildman–Crippen MR) is 63.5 cm³/mol. The average molecular weight is 297 g/mol. The van der Waals surface area contributed by atoms with Crippen molar-refractivity contribution in [2.45, 2.75) is 25.4 Å². The number of ether oxygens (including phenoxy) is 1. The van der Waals surface area contributed by atoms with Crippen molar-refractivity contribution in [2.75, 3.05) is 6.61 Å². The van der Waals surface area contributed by atoms with Gasteiger partial charge < -0.3 is 9.26 Å². The summed E-state index contributed by atoms with van der Waals surface area (Å²) in [7, 11) is 0. The molecular weight excluding hydrogens is 287 g/mol. The molecule has 1 heterocycles. The van der Waals surface area contributed by atoms with Crippen molar-refractivity contribution in [3.05, 3.63) is 11.8 Å². The van der Waals surface area contributed by atoms with E-state index >= 15 is 0 Å². The molecule has 110 valence electrons. The fraction of sp³-hybridized carbons (Fsp3) is 0.462. The van der Waals surface area contributed by atoms with Crippen LogP contribution in [0.25, 0.3) is 0 Å².